The van der Waals surface area contributed by atoms with E-state index in [0.29, 0.717) is 29.4 Å². The van der Waals surface area contributed by atoms with Gasteiger partial charge in [-0.15, -0.1) is 0 Å². The Kier molecular flexibility index (Phi) is 3.92. The van der Waals surface area contributed by atoms with Crippen molar-refractivity contribution >= 4 is 0 Å². The molecule has 0 radical (unpaired) electrons. The van der Waals surface area contributed by atoms with Crippen LogP contribution >= 0.6 is 0 Å². The molecule has 1 N–H and O–H groups in total. The van der Waals surface area contributed by atoms with E-state index in [9.17, 15) is 5.11 Å². The Bertz CT molecular complexity index is 913. The normalized spacial score (nSPS) is 21.5. The maximum absolute atomic E-state index is 9.22. The van der Waals surface area contributed by atoms with Crippen molar-refractivity contribution < 1.29 is 19.1 Å². The molecule has 138 valence electrons. The number of nitrogens with zero attached hydrogens (tertiary/aromatic N) is 3. The molecule has 5 rings (SSSR count). The minimum absolute atomic E-state index is 0.145. The zero-order chi connectivity index (χ0) is 18.2. The van der Waals surface area contributed by atoms with Crippen molar-refractivity contribution in [3.8, 4) is 29.0 Å². The summed E-state index contributed by atoms with van der Waals surface area (Å²) >= 11 is 0. The zero-order valence-electron chi connectivity index (χ0n) is 14.6. The monoisotopic (exact) mass is 365 g/mol. The summed E-state index contributed by atoms with van der Waals surface area (Å²) < 4.78 is 16.6. The second-order valence-electron chi connectivity index (χ2n) is 7.08. The van der Waals surface area contributed by atoms with Gasteiger partial charge in [-0.05, 0) is 54.5 Å². The van der Waals surface area contributed by atoms with Gasteiger partial charge in [-0.2, -0.15) is 0 Å². The summed E-state index contributed by atoms with van der Waals surface area (Å²) in [4.78, 5) is 8.50. The van der Waals surface area contributed by atoms with Crippen LogP contribution in [0.15, 0.2) is 47.2 Å². The lowest BCUT2D eigenvalue weighted by Gasteiger charge is -2.35. The topological polar surface area (TPSA) is 90.5 Å². The van der Waals surface area contributed by atoms with Crippen LogP contribution < -0.4 is 9.47 Å². The Morgan fingerprint density at radius 3 is 2.41 bits per heavy atom. The number of ether oxygens (including phenoxy) is 2. The predicted octanol–water partition coefficient (Wildman–Crippen LogP) is 3.70. The molecule has 0 unspecified atom stereocenters. The molecule has 0 aliphatic heterocycles. The average Bonchev–Trinajstić information content (AvgIpc) is 3.37. The molecule has 0 bridgehead atoms. The van der Waals surface area contributed by atoms with Crippen LogP contribution in [0, 0.1) is 0 Å². The number of rotatable bonds is 6. The van der Waals surface area contributed by atoms with Gasteiger partial charge in [0.2, 0.25) is 5.88 Å². The largest absolute Gasteiger partial charge is 0.491 e. The van der Waals surface area contributed by atoms with Crippen LogP contribution in [-0.4, -0.2) is 32.4 Å². The standard InChI is InChI=1S/C20H19N3O4/c24-19-9-18(27-23-19)17-10-22-20(11-21-17)26-16-7-13(8-16)12-1-3-14(4-2-12)25-15-5-6-15/h1-4,9-11,13,15-16H,5-8H2,(H,23,24)/t13-,16-. The van der Waals surface area contributed by atoms with Gasteiger partial charge in [-0.1, -0.05) is 12.1 Å². The number of aromatic nitrogens is 3. The molecule has 0 spiro atoms. The second-order valence-corrected chi connectivity index (χ2v) is 7.08. The third-order valence-corrected chi connectivity index (χ3v) is 4.94. The van der Waals surface area contributed by atoms with Gasteiger partial charge in [0, 0.05) is 0 Å². The lowest BCUT2D eigenvalue weighted by Crippen LogP contribution is -2.32. The van der Waals surface area contributed by atoms with Crippen LogP contribution in [0.3, 0.4) is 0 Å². The second kappa shape index (κ2) is 6.57. The van der Waals surface area contributed by atoms with E-state index < -0.39 is 0 Å². The van der Waals surface area contributed by atoms with E-state index in [4.69, 9.17) is 14.0 Å². The third kappa shape index (κ3) is 3.58. The van der Waals surface area contributed by atoms with Gasteiger partial charge in [0.15, 0.2) is 5.76 Å². The Hall–Kier alpha value is -3.09. The smallest absolute Gasteiger partial charge is 0.252 e. The first-order valence-corrected chi connectivity index (χ1v) is 9.14. The van der Waals surface area contributed by atoms with E-state index in [0.717, 1.165) is 18.6 Å². The van der Waals surface area contributed by atoms with Gasteiger partial charge in [-0.3, -0.25) is 0 Å². The number of hydrogen-bond donors (Lipinski definition) is 1. The summed E-state index contributed by atoms with van der Waals surface area (Å²) in [5.74, 6) is 2.14. The van der Waals surface area contributed by atoms with Crippen LogP contribution in [0.5, 0.6) is 17.5 Å². The zero-order valence-corrected chi connectivity index (χ0v) is 14.6. The molecule has 7 nitrogen and oxygen atoms in total. The minimum Gasteiger partial charge on any atom is -0.491 e. The maximum atomic E-state index is 9.22. The van der Waals surface area contributed by atoms with Crippen molar-refractivity contribution in [3.63, 3.8) is 0 Å². The van der Waals surface area contributed by atoms with Crippen LogP contribution in [0.25, 0.3) is 11.5 Å². The number of hydrogen-bond acceptors (Lipinski definition) is 7. The molecule has 2 fully saturated rings. The molecule has 3 aromatic rings. The molecule has 27 heavy (non-hydrogen) atoms. The molecule has 0 amide bonds. The van der Waals surface area contributed by atoms with Gasteiger partial charge < -0.3 is 19.1 Å². The highest BCUT2D eigenvalue weighted by Crippen LogP contribution is 2.39. The molecule has 2 heterocycles. The highest BCUT2D eigenvalue weighted by molar-refractivity contribution is 5.51. The van der Waals surface area contributed by atoms with Crippen molar-refractivity contribution in [2.75, 3.05) is 0 Å². The first-order chi connectivity index (χ1) is 13.2. The molecule has 2 aliphatic rings. The van der Waals surface area contributed by atoms with Crippen LogP contribution in [0.4, 0.5) is 0 Å². The molecular formula is C20H19N3O4. The average molecular weight is 365 g/mol. The van der Waals surface area contributed by atoms with Gasteiger partial charge in [0.1, 0.15) is 17.5 Å². The summed E-state index contributed by atoms with van der Waals surface area (Å²) in [6, 6.07) is 9.82. The summed E-state index contributed by atoms with van der Waals surface area (Å²) in [7, 11) is 0. The summed E-state index contributed by atoms with van der Waals surface area (Å²) in [6.07, 6.45) is 7.95. The van der Waals surface area contributed by atoms with Crippen LogP contribution in [-0.2, 0) is 0 Å². The molecule has 2 saturated carbocycles. The molecule has 0 atom stereocenters. The quantitative estimate of drug-likeness (QED) is 0.712. The Morgan fingerprint density at radius 2 is 1.78 bits per heavy atom. The van der Waals surface area contributed by atoms with E-state index in [1.54, 1.807) is 12.4 Å². The van der Waals surface area contributed by atoms with Crippen LogP contribution in [0.2, 0.25) is 0 Å². The molecule has 2 aliphatic carbocycles. The lowest BCUT2D eigenvalue weighted by atomic mass is 9.77. The first kappa shape index (κ1) is 16.1. The fraction of sp³-hybridized carbons (Fsp3) is 0.350. The summed E-state index contributed by atoms with van der Waals surface area (Å²) in [5, 5.41) is 12.6. The fourth-order valence-electron chi connectivity index (χ4n) is 3.19. The number of benzene rings is 1. The minimum atomic E-state index is -0.181. The fourth-order valence-corrected chi connectivity index (χ4v) is 3.19. The van der Waals surface area contributed by atoms with E-state index in [1.165, 1.54) is 24.5 Å². The van der Waals surface area contributed by atoms with E-state index >= 15 is 0 Å². The van der Waals surface area contributed by atoms with Crippen molar-refractivity contribution in [1.29, 1.82) is 0 Å². The number of aromatic hydroxyl groups is 1. The third-order valence-electron chi connectivity index (χ3n) is 4.94. The molecular weight excluding hydrogens is 346 g/mol. The van der Waals surface area contributed by atoms with E-state index in [2.05, 4.69) is 39.4 Å². The van der Waals surface area contributed by atoms with Crippen molar-refractivity contribution in [2.24, 2.45) is 0 Å². The van der Waals surface area contributed by atoms with Crippen LogP contribution in [0.1, 0.15) is 37.2 Å². The molecule has 7 heteroatoms. The van der Waals surface area contributed by atoms with Crippen molar-refractivity contribution in [3.05, 3.63) is 48.3 Å². The predicted molar refractivity (Wildman–Crippen MR) is 95.7 cm³/mol. The maximum Gasteiger partial charge on any atom is 0.252 e. The highest BCUT2D eigenvalue weighted by atomic mass is 16.5. The summed E-state index contributed by atoms with van der Waals surface area (Å²) in [5.41, 5.74) is 1.82. The Morgan fingerprint density at radius 1 is 0.963 bits per heavy atom. The van der Waals surface area contributed by atoms with Gasteiger partial charge in [0.05, 0.1) is 24.6 Å². The molecule has 2 aromatic heterocycles. The van der Waals surface area contributed by atoms with Gasteiger partial charge >= 0.3 is 0 Å². The van der Waals surface area contributed by atoms with Crippen molar-refractivity contribution in [2.45, 2.75) is 43.8 Å². The van der Waals surface area contributed by atoms with E-state index in [-0.39, 0.29) is 12.0 Å². The Balaban J connectivity index is 1.14. The lowest BCUT2D eigenvalue weighted by molar-refractivity contribution is 0.0931. The molecule has 1 aromatic carbocycles. The summed E-state index contributed by atoms with van der Waals surface area (Å²) in [6.45, 7) is 0. The Labute approximate surface area is 156 Å². The highest BCUT2D eigenvalue weighted by Gasteiger charge is 2.32. The SMILES string of the molecule is Oc1cc(-c2cnc(O[C@H]3C[C@H](c4ccc(OC5CC5)cc4)C3)cn2)on1. The first-order valence-electron chi connectivity index (χ1n) is 9.14. The van der Waals surface area contributed by atoms with Gasteiger partial charge in [0.25, 0.3) is 5.88 Å². The van der Waals surface area contributed by atoms with E-state index in [1.807, 2.05) is 0 Å². The van der Waals surface area contributed by atoms with Gasteiger partial charge in [-0.25, -0.2) is 9.97 Å². The molecule has 0 saturated heterocycles. The van der Waals surface area contributed by atoms with Crippen molar-refractivity contribution in [1.82, 2.24) is 15.1 Å².